The van der Waals surface area contributed by atoms with E-state index in [2.05, 4.69) is 10.2 Å². The number of ether oxygens (including phenoxy) is 2. The van der Waals surface area contributed by atoms with E-state index in [1.165, 1.54) is 17.1 Å². The van der Waals surface area contributed by atoms with Crippen LogP contribution in [0.1, 0.15) is 11.1 Å². The maximum absolute atomic E-state index is 10.8. The third-order valence-electron chi connectivity index (χ3n) is 3.82. The minimum atomic E-state index is -0.466. The van der Waals surface area contributed by atoms with Crippen molar-refractivity contribution in [1.82, 2.24) is 14.8 Å². The SMILES string of the molecule is COc1ccc(C=NN2CCOCC2)cc1Cn1cc([N+](=O)[O-])cn1. The molecule has 0 saturated carbocycles. The van der Waals surface area contributed by atoms with E-state index in [0.29, 0.717) is 25.5 Å². The number of hydrogen-bond acceptors (Lipinski definition) is 7. The van der Waals surface area contributed by atoms with Crippen molar-refractivity contribution in [2.45, 2.75) is 6.54 Å². The van der Waals surface area contributed by atoms with Crippen LogP contribution >= 0.6 is 0 Å². The van der Waals surface area contributed by atoms with Gasteiger partial charge in [-0.15, -0.1) is 0 Å². The van der Waals surface area contributed by atoms with E-state index < -0.39 is 4.92 Å². The van der Waals surface area contributed by atoms with Crippen molar-refractivity contribution in [2.24, 2.45) is 5.10 Å². The van der Waals surface area contributed by atoms with Gasteiger partial charge in [-0.25, -0.2) is 0 Å². The van der Waals surface area contributed by atoms with Crippen molar-refractivity contribution >= 4 is 11.9 Å². The molecule has 25 heavy (non-hydrogen) atoms. The van der Waals surface area contributed by atoms with Crippen LogP contribution in [0.25, 0.3) is 0 Å². The summed E-state index contributed by atoms with van der Waals surface area (Å²) in [6, 6.07) is 5.71. The van der Waals surface area contributed by atoms with Gasteiger partial charge in [0.25, 0.3) is 0 Å². The molecule has 2 aromatic rings. The fraction of sp³-hybridized carbons (Fsp3) is 0.375. The van der Waals surface area contributed by atoms with Gasteiger partial charge in [0.2, 0.25) is 0 Å². The first-order valence-corrected chi connectivity index (χ1v) is 7.86. The van der Waals surface area contributed by atoms with Crippen molar-refractivity contribution in [3.05, 3.63) is 51.8 Å². The zero-order valence-corrected chi connectivity index (χ0v) is 13.9. The topological polar surface area (TPSA) is 95.0 Å². The first kappa shape index (κ1) is 16.9. The summed E-state index contributed by atoms with van der Waals surface area (Å²) in [4.78, 5) is 10.3. The van der Waals surface area contributed by atoms with Crippen LogP contribution in [0.4, 0.5) is 5.69 Å². The Morgan fingerprint density at radius 2 is 2.24 bits per heavy atom. The Bertz CT molecular complexity index is 768. The number of nitrogens with zero attached hydrogens (tertiary/aromatic N) is 5. The smallest absolute Gasteiger partial charge is 0.307 e. The molecular formula is C16H19N5O4. The Morgan fingerprint density at radius 1 is 1.44 bits per heavy atom. The zero-order valence-electron chi connectivity index (χ0n) is 13.9. The van der Waals surface area contributed by atoms with E-state index >= 15 is 0 Å². The van der Waals surface area contributed by atoms with Gasteiger partial charge in [0.15, 0.2) is 0 Å². The summed E-state index contributed by atoms with van der Waals surface area (Å²) >= 11 is 0. The average molecular weight is 345 g/mol. The second-order valence-corrected chi connectivity index (χ2v) is 5.54. The molecule has 9 nitrogen and oxygen atoms in total. The maximum atomic E-state index is 10.8. The van der Waals surface area contributed by atoms with Gasteiger partial charge in [-0.2, -0.15) is 10.2 Å². The van der Waals surface area contributed by atoms with Gasteiger partial charge < -0.3 is 9.47 Å². The average Bonchev–Trinajstić information content (AvgIpc) is 3.10. The first-order valence-electron chi connectivity index (χ1n) is 7.86. The summed E-state index contributed by atoms with van der Waals surface area (Å²) in [5.74, 6) is 0.696. The monoisotopic (exact) mass is 345 g/mol. The maximum Gasteiger partial charge on any atom is 0.307 e. The molecule has 0 N–H and O–H groups in total. The third kappa shape index (κ3) is 4.32. The van der Waals surface area contributed by atoms with Gasteiger partial charge in [-0.3, -0.25) is 19.8 Å². The molecule has 0 amide bonds. The molecule has 3 rings (SSSR count). The van der Waals surface area contributed by atoms with Gasteiger partial charge >= 0.3 is 5.69 Å². The summed E-state index contributed by atoms with van der Waals surface area (Å²) in [6.07, 6.45) is 4.42. The number of morpholine rings is 1. The van der Waals surface area contributed by atoms with Gasteiger partial charge in [0, 0.05) is 5.56 Å². The number of methoxy groups -OCH3 is 1. The minimum Gasteiger partial charge on any atom is -0.496 e. The summed E-state index contributed by atoms with van der Waals surface area (Å²) in [6.45, 7) is 3.29. The van der Waals surface area contributed by atoms with Crippen LogP contribution in [-0.4, -0.2) is 59.3 Å². The molecule has 1 aromatic heterocycles. The minimum absolute atomic E-state index is 0.0380. The van der Waals surface area contributed by atoms with Crippen molar-refractivity contribution in [3.8, 4) is 5.75 Å². The molecule has 0 radical (unpaired) electrons. The van der Waals surface area contributed by atoms with Crippen LogP contribution in [0.3, 0.4) is 0 Å². The second kappa shape index (κ2) is 7.75. The Morgan fingerprint density at radius 3 is 2.92 bits per heavy atom. The molecular weight excluding hydrogens is 326 g/mol. The molecule has 1 aliphatic rings. The quantitative estimate of drug-likeness (QED) is 0.447. The van der Waals surface area contributed by atoms with E-state index in [0.717, 1.165) is 24.2 Å². The molecule has 0 aliphatic carbocycles. The summed E-state index contributed by atoms with van der Waals surface area (Å²) in [5.41, 5.74) is 1.75. The predicted molar refractivity (Wildman–Crippen MR) is 91.0 cm³/mol. The van der Waals surface area contributed by atoms with Gasteiger partial charge in [0.1, 0.15) is 18.1 Å². The number of benzene rings is 1. The van der Waals surface area contributed by atoms with E-state index in [1.807, 2.05) is 23.2 Å². The van der Waals surface area contributed by atoms with E-state index in [1.54, 1.807) is 13.3 Å². The van der Waals surface area contributed by atoms with E-state index in [4.69, 9.17) is 9.47 Å². The fourth-order valence-electron chi connectivity index (χ4n) is 2.53. The Labute approximate surface area is 144 Å². The van der Waals surface area contributed by atoms with E-state index in [-0.39, 0.29) is 5.69 Å². The van der Waals surface area contributed by atoms with Crippen LogP contribution in [0.15, 0.2) is 35.7 Å². The number of aromatic nitrogens is 2. The lowest BCUT2D eigenvalue weighted by Crippen LogP contribution is -2.32. The van der Waals surface area contributed by atoms with Crippen molar-refractivity contribution in [1.29, 1.82) is 0 Å². The number of hydrogen-bond donors (Lipinski definition) is 0. The Hall–Kier alpha value is -2.94. The third-order valence-corrected chi connectivity index (χ3v) is 3.82. The summed E-state index contributed by atoms with van der Waals surface area (Å²) < 4.78 is 12.2. The van der Waals surface area contributed by atoms with Gasteiger partial charge in [0.05, 0.1) is 51.1 Å². The molecule has 1 saturated heterocycles. The molecule has 0 atom stereocenters. The highest BCUT2D eigenvalue weighted by atomic mass is 16.6. The van der Waals surface area contributed by atoms with Crippen LogP contribution in [0, 0.1) is 10.1 Å². The molecule has 9 heteroatoms. The number of rotatable bonds is 6. The Balaban J connectivity index is 1.76. The molecule has 0 unspecified atom stereocenters. The van der Waals surface area contributed by atoms with Gasteiger partial charge in [-0.05, 0) is 23.8 Å². The van der Waals surface area contributed by atoms with Crippen molar-refractivity contribution in [2.75, 3.05) is 33.4 Å². The lowest BCUT2D eigenvalue weighted by molar-refractivity contribution is -0.385. The van der Waals surface area contributed by atoms with Crippen LogP contribution in [-0.2, 0) is 11.3 Å². The second-order valence-electron chi connectivity index (χ2n) is 5.54. The molecule has 0 bridgehead atoms. The number of hydrazone groups is 1. The molecule has 132 valence electrons. The lowest BCUT2D eigenvalue weighted by atomic mass is 10.1. The molecule has 2 heterocycles. The normalized spacial score (nSPS) is 14.8. The molecule has 1 aromatic carbocycles. The van der Waals surface area contributed by atoms with Crippen LogP contribution in [0.5, 0.6) is 5.75 Å². The van der Waals surface area contributed by atoms with Crippen LogP contribution < -0.4 is 4.74 Å². The number of nitro groups is 1. The standard InChI is InChI=1S/C16H19N5O4/c1-24-16-3-2-13(9-17-19-4-6-25-7-5-19)8-14(16)11-20-12-15(10-18-20)21(22)23/h2-3,8-10,12H,4-7,11H2,1H3. The highest BCUT2D eigenvalue weighted by Crippen LogP contribution is 2.21. The van der Waals surface area contributed by atoms with Crippen molar-refractivity contribution in [3.63, 3.8) is 0 Å². The first-order chi connectivity index (χ1) is 12.2. The Kier molecular flexibility index (Phi) is 5.24. The molecule has 1 fully saturated rings. The largest absolute Gasteiger partial charge is 0.496 e. The van der Waals surface area contributed by atoms with Gasteiger partial charge in [-0.1, -0.05) is 0 Å². The lowest BCUT2D eigenvalue weighted by Gasteiger charge is -2.23. The van der Waals surface area contributed by atoms with Crippen molar-refractivity contribution < 1.29 is 14.4 Å². The summed E-state index contributed by atoms with van der Waals surface area (Å²) in [7, 11) is 1.59. The molecule has 1 aliphatic heterocycles. The summed E-state index contributed by atoms with van der Waals surface area (Å²) in [5, 5.41) is 21.2. The highest BCUT2D eigenvalue weighted by molar-refractivity contribution is 5.80. The fourth-order valence-corrected chi connectivity index (χ4v) is 2.53. The highest BCUT2D eigenvalue weighted by Gasteiger charge is 2.11. The van der Waals surface area contributed by atoms with Crippen LogP contribution in [0.2, 0.25) is 0 Å². The van der Waals surface area contributed by atoms with E-state index in [9.17, 15) is 10.1 Å². The predicted octanol–water partition coefficient (Wildman–Crippen LogP) is 1.51. The molecule has 0 spiro atoms. The zero-order chi connectivity index (χ0) is 17.6.